The Bertz CT molecular complexity index is 766. The molecule has 148 valence electrons. The summed E-state index contributed by atoms with van der Waals surface area (Å²) in [5.74, 6) is 1.11. The Kier molecular flexibility index (Phi) is 6.01. The minimum absolute atomic E-state index is 0.00762. The average Bonchev–Trinajstić information content (AvgIpc) is 2.77. The molecule has 0 atom stereocenters. The first kappa shape index (κ1) is 18.7. The summed E-state index contributed by atoms with van der Waals surface area (Å²) < 4.78 is 5.30. The third-order valence-electron chi connectivity index (χ3n) is 5.37. The molecule has 2 aromatic rings. The van der Waals surface area contributed by atoms with Crippen LogP contribution in [0, 0.1) is 5.92 Å². The van der Waals surface area contributed by atoms with Gasteiger partial charge in [0, 0.05) is 43.6 Å². The molecular weight excluding hydrogens is 354 g/mol. The van der Waals surface area contributed by atoms with Crippen LogP contribution in [0.2, 0.25) is 0 Å². The third kappa shape index (κ3) is 4.78. The number of benzene rings is 1. The summed E-state index contributed by atoms with van der Waals surface area (Å²) in [6.45, 7) is 3.56. The monoisotopic (exact) mass is 381 g/mol. The molecule has 1 aromatic carbocycles. The molecule has 3 heterocycles. The lowest BCUT2D eigenvalue weighted by atomic mass is 9.99. The molecule has 0 radical (unpaired) electrons. The van der Waals surface area contributed by atoms with E-state index in [1.165, 1.54) is 24.9 Å². The molecule has 2 aliphatic rings. The van der Waals surface area contributed by atoms with Crippen molar-refractivity contribution in [3.05, 3.63) is 36.4 Å². The summed E-state index contributed by atoms with van der Waals surface area (Å²) in [5.41, 5.74) is 2.23. The number of nitrogens with one attached hydrogen (secondary N) is 2. The van der Waals surface area contributed by atoms with Crippen LogP contribution in [-0.4, -0.2) is 42.4 Å². The van der Waals surface area contributed by atoms with E-state index < -0.39 is 0 Å². The molecule has 1 aromatic heterocycles. The van der Waals surface area contributed by atoms with Crippen molar-refractivity contribution in [3.8, 4) is 0 Å². The second-order valence-electron chi connectivity index (χ2n) is 7.40. The van der Waals surface area contributed by atoms with Crippen molar-refractivity contribution in [2.45, 2.75) is 32.1 Å². The fraction of sp³-hybridized carbons (Fsp3) is 0.476. The van der Waals surface area contributed by atoms with Crippen LogP contribution in [-0.2, 0) is 9.53 Å². The maximum atomic E-state index is 12.3. The van der Waals surface area contributed by atoms with E-state index in [-0.39, 0.29) is 11.8 Å². The summed E-state index contributed by atoms with van der Waals surface area (Å²) in [6, 6.07) is 12.0. The van der Waals surface area contributed by atoms with E-state index in [0.717, 1.165) is 31.6 Å². The van der Waals surface area contributed by atoms with Gasteiger partial charge in [-0.2, -0.15) is 0 Å². The molecular formula is C21H27N5O2. The number of amides is 1. The highest BCUT2D eigenvalue weighted by Gasteiger charge is 2.21. The molecule has 2 saturated heterocycles. The van der Waals surface area contributed by atoms with E-state index in [9.17, 15) is 4.79 Å². The first-order chi connectivity index (χ1) is 13.8. The van der Waals surface area contributed by atoms with Crippen LogP contribution in [0.4, 0.5) is 23.0 Å². The van der Waals surface area contributed by atoms with E-state index in [1.54, 1.807) is 6.07 Å². The van der Waals surface area contributed by atoms with Gasteiger partial charge in [0.25, 0.3) is 0 Å². The zero-order valence-corrected chi connectivity index (χ0v) is 16.1. The molecule has 7 nitrogen and oxygen atoms in total. The molecule has 2 fully saturated rings. The van der Waals surface area contributed by atoms with E-state index in [1.807, 2.05) is 6.07 Å². The summed E-state index contributed by atoms with van der Waals surface area (Å²) in [7, 11) is 0. The molecule has 28 heavy (non-hydrogen) atoms. The lowest BCUT2D eigenvalue weighted by Crippen LogP contribution is -2.29. The maximum Gasteiger partial charge on any atom is 0.228 e. The topological polar surface area (TPSA) is 79.4 Å². The Morgan fingerprint density at radius 2 is 1.61 bits per heavy atom. The van der Waals surface area contributed by atoms with Gasteiger partial charge in [0.1, 0.15) is 0 Å². The first-order valence-corrected chi connectivity index (χ1v) is 10.1. The molecule has 2 N–H and O–H groups in total. The molecule has 0 saturated carbocycles. The van der Waals surface area contributed by atoms with Crippen LogP contribution in [0.15, 0.2) is 36.4 Å². The van der Waals surface area contributed by atoms with Gasteiger partial charge in [-0.05, 0) is 68.5 Å². The minimum Gasteiger partial charge on any atom is -0.381 e. The molecule has 4 rings (SSSR count). The number of carbonyl (C=O) groups is 1. The van der Waals surface area contributed by atoms with Crippen molar-refractivity contribution in [1.29, 1.82) is 0 Å². The molecule has 0 spiro atoms. The standard InChI is InChI=1S/C21H27N5O2/c27-21(16-10-14-28-15-11-16)23-20-9-8-19(24-25-20)22-17-4-6-18(7-5-17)26-12-2-1-3-13-26/h4-9,16H,1-3,10-15H2,(H,22,24)(H,23,25,27). The molecule has 0 bridgehead atoms. The second kappa shape index (κ2) is 9.01. The van der Waals surface area contributed by atoms with E-state index in [4.69, 9.17) is 4.74 Å². The molecule has 0 unspecified atom stereocenters. The van der Waals surface area contributed by atoms with Gasteiger partial charge in [0.15, 0.2) is 11.6 Å². The molecule has 0 aliphatic carbocycles. The molecule has 7 heteroatoms. The summed E-state index contributed by atoms with van der Waals surface area (Å²) in [5, 5.41) is 14.4. The van der Waals surface area contributed by atoms with Crippen molar-refractivity contribution in [1.82, 2.24) is 10.2 Å². The molecule has 1 amide bonds. The zero-order chi connectivity index (χ0) is 19.2. The first-order valence-electron chi connectivity index (χ1n) is 10.1. The van der Waals surface area contributed by atoms with Gasteiger partial charge in [0.2, 0.25) is 5.91 Å². The van der Waals surface area contributed by atoms with Gasteiger partial charge in [-0.25, -0.2) is 0 Å². The molecule has 2 aliphatic heterocycles. The third-order valence-corrected chi connectivity index (χ3v) is 5.37. The van der Waals surface area contributed by atoms with Gasteiger partial charge in [-0.3, -0.25) is 4.79 Å². The van der Waals surface area contributed by atoms with Crippen molar-refractivity contribution < 1.29 is 9.53 Å². The largest absolute Gasteiger partial charge is 0.381 e. The van der Waals surface area contributed by atoms with Crippen LogP contribution in [0.25, 0.3) is 0 Å². The minimum atomic E-state index is -0.00777. The number of rotatable bonds is 5. The van der Waals surface area contributed by atoms with Gasteiger partial charge in [-0.1, -0.05) is 0 Å². The number of piperidine rings is 1. The predicted molar refractivity (Wildman–Crippen MR) is 110 cm³/mol. The number of carbonyl (C=O) groups excluding carboxylic acids is 1. The predicted octanol–water partition coefficient (Wildman–Crippen LogP) is 3.58. The van der Waals surface area contributed by atoms with Crippen LogP contribution >= 0.6 is 0 Å². The zero-order valence-electron chi connectivity index (χ0n) is 16.1. The highest BCUT2D eigenvalue weighted by Crippen LogP contribution is 2.23. The lowest BCUT2D eigenvalue weighted by Gasteiger charge is -2.28. The van der Waals surface area contributed by atoms with Crippen LogP contribution in [0.3, 0.4) is 0 Å². The Labute approximate surface area is 165 Å². The number of nitrogens with zero attached hydrogens (tertiary/aromatic N) is 3. The summed E-state index contributed by atoms with van der Waals surface area (Å²) in [6.07, 6.45) is 5.39. The van der Waals surface area contributed by atoms with Crippen LogP contribution in [0.1, 0.15) is 32.1 Å². The van der Waals surface area contributed by atoms with Gasteiger partial charge < -0.3 is 20.3 Å². The van der Waals surface area contributed by atoms with Crippen molar-refractivity contribution in [2.24, 2.45) is 5.92 Å². The Balaban J connectivity index is 1.32. The highest BCUT2D eigenvalue weighted by molar-refractivity contribution is 5.91. The number of hydrogen-bond acceptors (Lipinski definition) is 6. The fourth-order valence-corrected chi connectivity index (χ4v) is 3.71. The second-order valence-corrected chi connectivity index (χ2v) is 7.40. The van der Waals surface area contributed by atoms with E-state index in [0.29, 0.717) is 24.8 Å². The maximum absolute atomic E-state index is 12.3. The smallest absolute Gasteiger partial charge is 0.228 e. The van der Waals surface area contributed by atoms with Crippen molar-refractivity contribution in [2.75, 3.05) is 41.8 Å². The highest BCUT2D eigenvalue weighted by atomic mass is 16.5. The van der Waals surface area contributed by atoms with Gasteiger partial charge in [-0.15, -0.1) is 10.2 Å². The fourth-order valence-electron chi connectivity index (χ4n) is 3.71. The number of hydrogen-bond donors (Lipinski definition) is 2. The number of aromatic nitrogens is 2. The van der Waals surface area contributed by atoms with Gasteiger partial charge in [0.05, 0.1) is 0 Å². The Morgan fingerprint density at radius 3 is 2.29 bits per heavy atom. The quantitative estimate of drug-likeness (QED) is 0.824. The van der Waals surface area contributed by atoms with Crippen LogP contribution in [0.5, 0.6) is 0 Å². The Morgan fingerprint density at radius 1 is 0.929 bits per heavy atom. The average molecular weight is 381 g/mol. The Hall–Kier alpha value is -2.67. The summed E-state index contributed by atoms with van der Waals surface area (Å²) >= 11 is 0. The number of anilines is 4. The van der Waals surface area contributed by atoms with E-state index >= 15 is 0 Å². The normalized spacial score (nSPS) is 17.9. The van der Waals surface area contributed by atoms with E-state index in [2.05, 4.69) is 50.0 Å². The van der Waals surface area contributed by atoms with Crippen molar-refractivity contribution in [3.63, 3.8) is 0 Å². The summed E-state index contributed by atoms with van der Waals surface area (Å²) in [4.78, 5) is 14.7. The number of ether oxygens (including phenoxy) is 1. The van der Waals surface area contributed by atoms with Crippen LogP contribution < -0.4 is 15.5 Å². The SMILES string of the molecule is O=C(Nc1ccc(Nc2ccc(N3CCCCC3)cc2)nn1)C1CCOCC1. The van der Waals surface area contributed by atoms with Crippen molar-refractivity contribution >= 4 is 28.9 Å². The van der Waals surface area contributed by atoms with Gasteiger partial charge >= 0.3 is 0 Å². The lowest BCUT2D eigenvalue weighted by molar-refractivity contribution is -0.122.